The van der Waals surface area contributed by atoms with Crippen molar-refractivity contribution in [1.82, 2.24) is 15.2 Å². The Hall–Kier alpha value is -2.21. The standard InChI is InChI=1S/C14H10BrFN4/c15-10-4-2-1-3-8(10)12-13(19-20-14(12)17)9-5-6-18-7-11(9)16/h1-7H,(H3,17,19,20). The molecule has 0 aliphatic heterocycles. The molecule has 0 radical (unpaired) electrons. The summed E-state index contributed by atoms with van der Waals surface area (Å²) in [5.74, 6) is -0.104. The van der Waals surface area contributed by atoms with Gasteiger partial charge in [0.1, 0.15) is 0 Å². The van der Waals surface area contributed by atoms with Crippen LogP contribution in [0.15, 0.2) is 47.2 Å². The van der Waals surface area contributed by atoms with E-state index in [1.54, 1.807) is 6.07 Å². The van der Waals surface area contributed by atoms with Gasteiger partial charge in [0.2, 0.25) is 0 Å². The van der Waals surface area contributed by atoms with Crippen LogP contribution in [-0.2, 0) is 0 Å². The highest BCUT2D eigenvalue weighted by atomic mass is 79.9. The number of nitrogens with one attached hydrogen (secondary N) is 1. The largest absolute Gasteiger partial charge is 0.382 e. The van der Waals surface area contributed by atoms with E-state index >= 15 is 0 Å². The minimum Gasteiger partial charge on any atom is -0.382 e. The van der Waals surface area contributed by atoms with Gasteiger partial charge in [-0.2, -0.15) is 5.10 Å². The van der Waals surface area contributed by atoms with Crippen molar-refractivity contribution in [2.45, 2.75) is 0 Å². The van der Waals surface area contributed by atoms with Gasteiger partial charge in [0.25, 0.3) is 0 Å². The van der Waals surface area contributed by atoms with E-state index in [-0.39, 0.29) is 0 Å². The molecule has 20 heavy (non-hydrogen) atoms. The van der Waals surface area contributed by atoms with Gasteiger partial charge in [0.05, 0.1) is 17.5 Å². The van der Waals surface area contributed by atoms with Gasteiger partial charge in [-0.25, -0.2) is 4.39 Å². The molecule has 4 nitrogen and oxygen atoms in total. The van der Waals surface area contributed by atoms with E-state index in [1.165, 1.54) is 6.20 Å². The first-order valence-corrected chi connectivity index (χ1v) is 6.66. The molecule has 1 aromatic carbocycles. The molecule has 0 aliphatic rings. The molecule has 0 fully saturated rings. The van der Waals surface area contributed by atoms with Crippen LogP contribution in [0.2, 0.25) is 0 Å². The maximum absolute atomic E-state index is 13.9. The third-order valence-electron chi connectivity index (χ3n) is 2.98. The molecule has 3 aromatic rings. The summed E-state index contributed by atoms with van der Waals surface area (Å²) in [6, 6.07) is 9.17. The van der Waals surface area contributed by atoms with Gasteiger partial charge in [-0.15, -0.1) is 0 Å². The summed E-state index contributed by atoms with van der Waals surface area (Å²) in [4.78, 5) is 3.75. The topological polar surface area (TPSA) is 67.6 Å². The molecule has 100 valence electrons. The number of nitrogen functional groups attached to an aromatic ring is 1. The van der Waals surface area contributed by atoms with Crippen molar-refractivity contribution in [2.24, 2.45) is 0 Å². The first kappa shape index (κ1) is 12.8. The van der Waals surface area contributed by atoms with Crippen molar-refractivity contribution in [2.75, 3.05) is 5.73 Å². The highest BCUT2D eigenvalue weighted by Gasteiger charge is 2.18. The predicted molar refractivity (Wildman–Crippen MR) is 79.3 cm³/mol. The van der Waals surface area contributed by atoms with Crippen LogP contribution in [0.25, 0.3) is 22.4 Å². The first-order chi connectivity index (χ1) is 9.68. The van der Waals surface area contributed by atoms with Crippen molar-refractivity contribution in [3.63, 3.8) is 0 Å². The van der Waals surface area contributed by atoms with Gasteiger partial charge in [-0.05, 0) is 12.1 Å². The van der Waals surface area contributed by atoms with Crippen LogP contribution in [-0.4, -0.2) is 15.2 Å². The number of H-pyrrole nitrogens is 1. The molecule has 0 amide bonds. The number of anilines is 1. The van der Waals surface area contributed by atoms with Gasteiger partial charge < -0.3 is 5.73 Å². The van der Waals surface area contributed by atoms with E-state index in [0.29, 0.717) is 22.6 Å². The maximum Gasteiger partial charge on any atom is 0.153 e. The molecule has 0 atom stereocenters. The Kier molecular flexibility index (Phi) is 3.23. The quantitative estimate of drug-likeness (QED) is 0.753. The maximum atomic E-state index is 13.9. The van der Waals surface area contributed by atoms with Crippen LogP contribution in [0.3, 0.4) is 0 Å². The van der Waals surface area contributed by atoms with Crippen LogP contribution in [0.5, 0.6) is 0 Å². The van der Waals surface area contributed by atoms with Crippen molar-refractivity contribution in [1.29, 1.82) is 0 Å². The lowest BCUT2D eigenvalue weighted by atomic mass is 10.0. The van der Waals surface area contributed by atoms with Gasteiger partial charge >= 0.3 is 0 Å². The van der Waals surface area contributed by atoms with Crippen LogP contribution in [0, 0.1) is 5.82 Å². The molecule has 0 spiro atoms. The lowest BCUT2D eigenvalue weighted by molar-refractivity contribution is 0.624. The van der Waals surface area contributed by atoms with E-state index in [4.69, 9.17) is 5.73 Å². The fourth-order valence-electron chi connectivity index (χ4n) is 2.07. The monoisotopic (exact) mass is 332 g/mol. The summed E-state index contributed by atoms with van der Waals surface area (Å²) in [6.45, 7) is 0. The Labute approximate surface area is 123 Å². The molecule has 0 unspecified atom stereocenters. The van der Waals surface area contributed by atoms with Crippen LogP contribution in [0.1, 0.15) is 0 Å². The fraction of sp³-hybridized carbons (Fsp3) is 0. The Morgan fingerprint density at radius 2 is 1.95 bits per heavy atom. The van der Waals surface area contributed by atoms with E-state index < -0.39 is 5.82 Å². The SMILES string of the molecule is Nc1n[nH]c(-c2ccncc2F)c1-c1ccccc1Br. The third-order valence-corrected chi connectivity index (χ3v) is 3.67. The number of benzene rings is 1. The highest BCUT2D eigenvalue weighted by molar-refractivity contribution is 9.10. The number of aromatic nitrogens is 3. The smallest absolute Gasteiger partial charge is 0.153 e. The van der Waals surface area contributed by atoms with Crippen molar-refractivity contribution in [3.8, 4) is 22.4 Å². The minimum atomic E-state index is -0.426. The number of nitrogens with zero attached hydrogens (tertiary/aromatic N) is 2. The van der Waals surface area contributed by atoms with Crippen LogP contribution in [0.4, 0.5) is 10.2 Å². The molecule has 0 aliphatic carbocycles. The average Bonchev–Trinajstić information content (AvgIpc) is 2.82. The van der Waals surface area contributed by atoms with Gasteiger partial charge in [0.15, 0.2) is 11.6 Å². The Balaban J connectivity index is 2.26. The van der Waals surface area contributed by atoms with Gasteiger partial charge in [-0.1, -0.05) is 34.1 Å². The second-order valence-corrected chi connectivity index (χ2v) is 5.05. The lowest BCUT2D eigenvalue weighted by Crippen LogP contribution is -1.91. The van der Waals surface area contributed by atoms with Crippen molar-refractivity contribution < 1.29 is 4.39 Å². The molecule has 0 saturated heterocycles. The molecular formula is C14H10BrFN4. The zero-order valence-electron chi connectivity index (χ0n) is 10.3. The predicted octanol–water partition coefficient (Wildman–Crippen LogP) is 3.62. The number of rotatable bonds is 2. The number of halogens is 2. The van der Waals surface area contributed by atoms with Gasteiger partial charge in [-0.3, -0.25) is 10.1 Å². The molecule has 3 N–H and O–H groups in total. The summed E-state index contributed by atoms with van der Waals surface area (Å²) >= 11 is 3.47. The molecule has 0 saturated carbocycles. The lowest BCUT2D eigenvalue weighted by Gasteiger charge is -2.07. The Bertz CT molecular complexity index is 769. The number of hydrogen-bond acceptors (Lipinski definition) is 3. The van der Waals surface area contributed by atoms with Gasteiger partial charge in [0, 0.05) is 21.8 Å². The number of aromatic amines is 1. The summed E-state index contributed by atoms with van der Waals surface area (Å²) in [6.07, 6.45) is 2.69. The Morgan fingerprint density at radius 3 is 2.70 bits per heavy atom. The normalized spacial score (nSPS) is 10.7. The first-order valence-electron chi connectivity index (χ1n) is 5.87. The van der Waals surface area contributed by atoms with E-state index in [1.807, 2.05) is 24.3 Å². The summed E-state index contributed by atoms with van der Waals surface area (Å²) < 4.78 is 14.8. The van der Waals surface area contributed by atoms with Crippen LogP contribution < -0.4 is 5.73 Å². The summed E-state index contributed by atoms with van der Waals surface area (Å²) in [5, 5.41) is 6.79. The van der Waals surface area contributed by atoms with Crippen LogP contribution >= 0.6 is 15.9 Å². The molecule has 0 bridgehead atoms. The zero-order valence-corrected chi connectivity index (χ0v) is 11.9. The van der Waals surface area contributed by atoms with E-state index in [2.05, 4.69) is 31.1 Å². The highest BCUT2D eigenvalue weighted by Crippen LogP contribution is 2.38. The number of hydrogen-bond donors (Lipinski definition) is 2. The third kappa shape index (κ3) is 2.08. The number of nitrogens with two attached hydrogens (primary N) is 1. The molecule has 2 heterocycles. The van der Waals surface area contributed by atoms with Crippen molar-refractivity contribution in [3.05, 3.63) is 53.0 Å². The molecular weight excluding hydrogens is 323 g/mol. The molecule has 6 heteroatoms. The number of pyridine rings is 1. The second kappa shape index (κ2) is 5.05. The summed E-state index contributed by atoms with van der Waals surface area (Å²) in [5.41, 5.74) is 8.37. The zero-order chi connectivity index (χ0) is 14.1. The summed E-state index contributed by atoms with van der Waals surface area (Å²) in [7, 11) is 0. The second-order valence-electron chi connectivity index (χ2n) is 4.19. The molecule has 2 aromatic heterocycles. The van der Waals surface area contributed by atoms with E-state index in [9.17, 15) is 4.39 Å². The van der Waals surface area contributed by atoms with Crippen molar-refractivity contribution >= 4 is 21.7 Å². The fourth-order valence-corrected chi connectivity index (χ4v) is 2.55. The molecule has 3 rings (SSSR count). The minimum absolute atomic E-state index is 0.322. The van der Waals surface area contributed by atoms with E-state index in [0.717, 1.165) is 16.2 Å². The average molecular weight is 333 g/mol. The Morgan fingerprint density at radius 1 is 1.15 bits per heavy atom.